The van der Waals surface area contributed by atoms with Gasteiger partial charge in [0.2, 0.25) is 0 Å². The zero-order valence-corrected chi connectivity index (χ0v) is 11.5. The zero-order valence-electron chi connectivity index (χ0n) is 11.5. The maximum atomic E-state index is 13.7. The second-order valence-electron chi connectivity index (χ2n) is 5.34. The predicted octanol–water partition coefficient (Wildman–Crippen LogP) is 3.31. The van der Waals surface area contributed by atoms with E-state index in [1.807, 2.05) is 6.07 Å². The minimum absolute atomic E-state index is 0.0148. The number of halogens is 1. The molecule has 0 spiro atoms. The largest absolute Gasteiger partial charge is 0.494 e. The molecular formula is C15H23FN2O. The summed E-state index contributed by atoms with van der Waals surface area (Å²) in [4.78, 5) is 0. The number of rotatable bonds is 6. The standard InChI is InChI=1S/C15H23FN2O/c1-19-15-9-7-12(10-13(15)16)14(18-17)8-6-11-4-2-3-5-11/h7,9-11,14,18H,2-6,8,17H2,1H3. The van der Waals surface area contributed by atoms with Crippen LogP contribution < -0.4 is 16.0 Å². The summed E-state index contributed by atoms with van der Waals surface area (Å²) in [6.07, 6.45) is 7.46. The molecule has 0 bridgehead atoms. The van der Waals surface area contributed by atoms with Crippen LogP contribution in [-0.2, 0) is 0 Å². The molecule has 1 aromatic carbocycles. The van der Waals surface area contributed by atoms with Crippen LogP contribution in [0.5, 0.6) is 5.75 Å². The molecule has 0 aromatic heterocycles. The summed E-state index contributed by atoms with van der Waals surface area (Å²) in [5.41, 5.74) is 3.69. The van der Waals surface area contributed by atoms with Gasteiger partial charge in [-0.05, 0) is 36.5 Å². The lowest BCUT2D eigenvalue weighted by Crippen LogP contribution is -2.28. The Hall–Kier alpha value is -1.13. The first-order valence-electron chi connectivity index (χ1n) is 7.04. The van der Waals surface area contributed by atoms with Crippen molar-refractivity contribution in [3.8, 4) is 5.75 Å². The van der Waals surface area contributed by atoms with Gasteiger partial charge in [-0.3, -0.25) is 11.3 Å². The summed E-state index contributed by atoms with van der Waals surface area (Å²) in [7, 11) is 1.47. The van der Waals surface area contributed by atoms with Gasteiger partial charge in [-0.15, -0.1) is 0 Å². The Morgan fingerprint density at radius 1 is 1.42 bits per heavy atom. The number of methoxy groups -OCH3 is 1. The lowest BCUT2D eigenvalue weighted by molar-refractivity contribution is 0.383. The molecule has 3 nitrogen and oxygen atoms in total. The molecule has 19 heavy (non-hydrogen) atoms. The average Bonchev–Trinajstić information content (AvgIpc) is 2.93. The summed E-state index contributed by atoms with van der Waals surface area (Å²) < 4.78 is 18.6. The molecule has 106 valence electrons. The first-order valence-corrected chi connectivity index (χ1v) is 7.04. The second-order valence-corrected chi connectivity index (χ2v) is 5.34. The molecule has 2 rings (SSSR count). The summed E-state index contributed by atoms with van der Waals surface area (Å²) in [5, 5.41) is 0. The molecule has 1 atom stereocenters. The topological polar surface area (TPSA) is 47.3 Å². The molecule has 3 N–H and O–H groups in total. The molecule has 1 unspecified atom stereocenters. The van der Waals surface area contributed by atoms with Gasteiger partial charge < -0.3 is 4.74 Å². The van der Waals surface area contributed by atoms with Crippen molar-refractivity contribution in [3.05, 3.63) is 29.6 Å². The molecule has 0 aliphatic heterocycles. The van der Waals surface area contributed by atoms with Crippen LogP contribution in [0.25, 0.3) is 0 Å². The highest BCUT2D eigenvalue weighted by molar-refractivity contribution is 5.31. The maximum absolute atomic E-state index is 13.7. The first-order chi connectivity index (χ1) is 9.24. The Kier molecular flexibility index (Phi) is 5.16. The van der Waals surface area contributed by atoms with E-state index < -0.39 is 0 Å². The molecular weight excluding hydrogens is 243 g/mol. The molecule has 0 saturated heterocycles. The lowest BCUT2D eigenvalue weighted by atomic mass is 9.95. The van der Waals surface area contributed by atoms with Gasteiger partial charge in [0, 0.05) is 6.04 Å². The van der Waals surface area contributed by atoms with Gasteiger partial charge in [-0.1, -0.05) is 31.7 Å². The fourth-order valence-electron chi connectivity index (χ4n) is 2.95. The normalized spacial score (nSPS) is 17.6. The summed E-state index contributed by atoms with van der Waals surface area (Å²) in [6.45, 7) is 0. The van der Waals surface area contributed by atoms with Gasteiger partial charge in [0.1, 0.15) is 0 Å². The quantitative estimate of drug-likeness (QED) is 0.613. The van der Waals surface area contributed by atoms with Crippen LogP contribution in [0.3, 0.4) is 0 Å². The van der Waals surface area contributed by atoms with E-state index in [9.17, 15) is 4.39 Å². The number of nitrogens with two attached hydrogens (primary N) is 1. The van der Waals surface area contributed by atoms with Crippen LogP contribution in [0, 0.1) is 11.7 Å². The molecule has 0 amide bonds. The number of benzene rings is 1. The van der Waals surface area contributed by atoms with E-state index >= 15 is 0 Å². The molecule has 1 fully saturated rings. The highest BCUT2D eigenvalue weighted by atomic mass is 19.1. The van der Waals surface area contributed by atoms with Crippen molar-refractivity contribution in [1.29, 1.82) is 0 Å². The fourth-order valence-corrected chi connectivity index (χ4v) is 2.95. The van der Waals surface area contributed by atoms with Crippen LogP contribution >= 0.6 is 0 Å². The summed E-state index contributed by atoms with van der Waals surface area (Å²) in [5.74, 6) is 6.37. The Labute approximate surface area is 114 Å². The lowest BCUT2D eigenvalue weighted by Gasteiger charge is -2.19. The highest BCUT2D eigenvalue weighted by Gasteiger charge is 2.18. The van der Waals surface area contributed by atoms with Gasteiger partial charge in [-0.2, -0.15) is 0 Å². The van der Waals surface area contributed by atoms with Gasteiger partial charge in [-0.25, -0.2) is 4.39 Å². The van der Waals surface area contributed by atoms with E-state index in [-0.39, 0.29) is 17.6 Å². The smallest absolute Gasteiger partial charge is 0.165 e. The fraction of sp³-hybridized carbons (Fsp3) is 0.600. The Balaban J connectivity index is 1.97. The minimum atomic E-state index is -0.332. The number of hydrazine groups is 1. The third-order valence-corrected chi connectivity index (χ3v) is 4.12. The number of ether oxygens (including phenoxy) is 1. The van der Waals surface area contributed by atoms with Crippen LogP contribution in [0.15, 0.2) is 18.2 Å². The Morgan fingerprint density at radius 2 is 2.16 bits per heavy atom. The van der Waals surface area contributed by atoms with Crippen LogP contribution in [0.1, 0.15) is 50.1 Å². The van der Waals surface area contributed by atoms with E-state index in [1.165, 1.54) is 38.9 Å². The molecule has 0 radical (unpaired) electrons. The van der Waals surface area contributed by atoms with Crippen molar-refractivity contribution >= 4 is 0 Å². The van der Waals surface area contributed by atoms with Gasteiger partial charge >= 0.3 is 0 Å². The van der Waals surface area contributed by atoms with Crippen molar-refractivity contribution in [2.24, 2.45) is 11.8 Å². The van der Waals surface area contributed by atoms with E-state index in [4.69, 9.17) is 10.6 Å². The van der Waals surface area contributed by atoms with E-state index in [2.05, 4.69) is 5.43 Å². The van der Waals surface area contributed by atoms with E-state index in [0.29, 0.717) is 0 Å². The minimum Gasteiger partial charge on any atom is -0.494 e. The zero-order chi connectivity index (χ0) is 13.7. The molecule has 1 saturated carbocycles. The third kappa shape index (κ3) is 3.67. The van der Waals surface area contributed by atoms with Gasteiger partial charge in [0.25, 0.3) is 0 Å². The second kappa shape index (κ2) is 6.87. The molecule has 1 aliphatic carbocycles. The molecule has 0 heterocycles. The van der Waals surface area contributed by atoms with Crippen LogP contribution in [0.4, 0.5) is 4.39 Å². The van der Waals surface area contributed by atoms with Crippen LogP contribution in [0.2, 0.25) is 0 Å². The number of hydrogen-bond donors (Lipinski definition) is 2. The Morgan fingerprint density at radius 3 is 2.74 bits per heavy atom. The summed E-state index contributed by atoms with van der Waals surface area (Å²) in [6, 6.07) is 5.06. The molecule has 1 aliphatic rings. The van der Waals surface area contributed by atoms with Crippen molar-refractivity contribution in [1.82, 2.24) is 5.43 Å². The molecule has 1 aromatic rings. The Bertz CT molecular complexity index is 405. The predicted molar refractivity (Wildman–Crippen MR) is 74.2 cm³/mol. The van der Waals surface area contributed by atoms with Crippen LogP contribution in [-0.4, -0.2) is 7.11 Å². The van der Waals surface area contributed by atoms with Crippen molar-refractivity contribution in [2.75, 3.05) is 7.11 Å². The monoisotopic (exact) mass is 266 g/mol. The highest BCUT2D eigenvalue weighted by Crippen LogP contribution is 2.32. The van der Waals surface area contributed by atoms with Crippen molar-refractivity contribution < 1.29 is 9.13 Å². The van der Waals surface area contributed by atoms with Crippen molar-refractivity contribution in [3.63, 3.8) is 0 Å². The van der Waals surface area contributed by atoms with Gasteiger partial charge in [0.05, 0.1) is 7.11 Å². The summed E-state index contributed by atoms with van der Waals surface area (Å²) >= 11 is 0. The third-order valence-electron chi connectivity index (χ3n) is 4.12. The maximum Gasteiger partial charge on any atom is 0.165 e. The average molecular weight is 266 g/mol. The van der Waals surface area contributed by atoms with Gasteiger partial charge in [0.15, 0.2) is 11.6 Å². The van der Waals surface area contributed by atoms with Crippen molar-refractivity contribution in [2.45, 2.75) is 44.6 Å². The first kappa shape index (κ1) is 14.3. The molecule has 4 heteroatoms. The number of nitrogens with one attached hydrogen (secondary N) is 1. The van der Waals surface area contributed by atoms with E-state index in [1.54, 1.807) is 6.07 Å². The number of hydrogen-bond acceptors (Lipinski definition) is 3. The van der Waals surface area contributed by atoms with E-state index in [0.717, 1.165) is 24.3 Å². The SMILES string of the molecule is COc1ccc(C(CCC2CCCC2)NN)cc1F.